The molecule has 6 nitrogen and oxygen atoms in total. The Morgan fingerprint density at radius 3 is 2.57 bits per heavy atom. The first-order valence-corrected chi connectivity index (χ1v) is 10.8. The Labute approximate surface area is 166 Å². The fourth-order valence-electron chi connectivity index (χ4n) is 3.95. The van der Waals surface area contributed by atoms with Crippen LogP contribution >= 0.6 is 0 Å². The van der Waals surface area contributed by atoms with Crippen LogP contribution in [-0.4, -0.2) is 45.9 Å². The minimum absolute atomic E-state index is 0.0961. The van der Waals surface area contributed by atoms with Crippen LogP contribution in [0.1, 0.15) is 25.0 Å². The summed E-state index contributed by atoms with van der Waals surface area (Å²) < 4.78 is 28.7. The molecule has 1 amide bonds. The summed E-state index contributed by atoms with van der Waals surface area (Å²) in [6.45, 7) is 4.01. The van der Waals surface area contributed by atoms with Gasteiger partial charge in [-0.3, -0.25) is 9.10 Å². The van der Waals surface area contributed by atoms with E-state index in [1.54, 1.807) is 18.2 Å². The monoisotopic (exact) mass is 399 g/mol. The van der Waals surface area contributed by atoms with Gasteiger partial charge in [-0.05, 0) is 69.8 Å². The summed E-state index contributed by atoms with van der Waals surface area (Å²) in [6, 6.07) is 12.7. The van der Waals surface area contributed by atoms with E-state index in [1.807, 2.05) is 52.2 Å². The van der Waals surface area contributed by atoms with Crippen molar-refractivity contribution in [3.8, 4) is 0 Å². The molecule has 1 N–H and O–H groups in total. The van der Waals surface area contributed by atoms with Gasteiger partial charge in [0, 0.05) is 11.7 Å². The average molecular weight is 400 g/mol. The minimum Gasteiger partial charge on any atom is -0.325 e. The topological polar surface area (TPSA) is 69.7 Å². The van der Waals surface area contributed by atoms with Crippen molar-refractivity contribution < 1.29 is 13.2 Å². The number of hydrogen-bond acceptors (Lipinski definition) is 4. The predicted octanol–water partition coefficient (Wildman–Crippen LogP) is 2.60. The number of likely N-dealkylation sites (N-methyl/N-ethyl adjacent to an activating group) is 1. The number of benzene rings is 2. The van der Waals surface area contributed by atoms with Crippen LogP contribution in [0.2, 0.25) is 0 Å². The lowest BCUT2D eigenvalue weighted by Gasteiger charge is -2.38. The van der Waals surface area contributed by atoms with Crippen molar-refractivity contribution in [2.24, 2.45) is 0 Å². The number of nitrogens with zero attached hydrogens (tertiary/aromatic N) is 2. The maximum absolute atomic E-state index is 13.6. The van der Waals surface area contributed by atoms with E-state index in [0.717, 1.165) is 17.7 Å². The van der Waals surface area contributed by atoms with E-state index >= 15 is 0 Å². The Kier molecular flexibility index (Phi) is 4.28. The number of anilines is 2. The van der Waals surface area contributed by atoms with Gasteiger partial charge in [0.05, 0.1) is 22.5 Å². The number of para-hydroxylation sites is 1. The second kappa shape index (κ2) is 6.32. The fraction of sp³-hybridized carbons (Fsp3) is 0.381. The first-order chi connectivity index (χ1) is 13.1. The van der Waals surface area contributed by atoms with Gasteiger partial charge in [-0.2, -0.15) is 0 Å². The number of carbonyl (C=O) groups excluding carboxylic acids is 1. The van der Waals surface area contributed by atoms with Crippen LogP contribution in [0.4, 0.5) is 11.4 Å². The maximum Gasteiger partial charge on any atom is 0.264 e. The summed E-state index contributed by atoms with van der Waals surface area (Å²) >= 11 is 0. The quantitative estimate of drug-likeness (QED) is 0.861. The molecule has 4 rings (SSSR count). The van der Waals surface area contributed by atoms with E-state index in [9.17, 15) is 13.2 Å². The number of hydrogen-bond donors (Lipinski definition) is 1. The Morgan fingerprint density at radius 1 is 1.14 bits per heavy atom. The van der Waals surface area contributed by atoms with E-state index in [1.165, 1.54) is 4.31 Å². The van der Waals surface area contributed by atoms with Crippen LogP contribution in [0, 0.1) is 0 Å². The number of amides is 1. The Morgan fingerprint density at radius 2 is 1.86 bits per heavy atom. The van der Waals surface area contributed by atoms with Crippen LogP contribution in [0.25, 0.3) is 0 Å². The molecular formula is C21H25N3O3S. The SMILES string of the molecule is CN(C)C1Cc2ccccc2N(S(=O)(=O)c2ccc3c(c2)C(C)(C)C(=O)N3)C1. The molecule has 0 aliphatic carbocycles. The molecule has 1 unspecified atom stereocenters. The summed E-state index contributed by atoms with van der Waals surface area (Å²) in [7, 11) is 0.178. The van der Waals surface area contributed by atoms with Crippen LogP contribution in [0.3, 0.4) is 0 Å². The van der Waals surface area contributed by atoms with E-state index in [0.29, 0.717) is 17.8 Å². The number of rotatable bonds is 3. The predicted molar refractivity (Wildman–Crippen MR) is 110 cm³/mol. The van der Waals surface area contributed by atoms with Gasteiger partial charge in [-0.1, -0.05) is 18.2 Å². The second-order valence-corrected chi connectivity index (χ2v) is 10.1. The van der Waals surface area contributed by atoms with Crippen molar-refractivity contribution in [2.75, 3.05) is 30.3 Å². The zero-order chi connectivity index (χ0) is 20.3. The van der Waals surface area contributed by atoms with Crippen LogP contribution in [0.5, 0.6) is 0 Å². The second-order valence-electron chi connectivity index (χ2n) is 8.27. The highest BCUT2D eigenvalue weighted by atomic mass is 32.2. The number of sulfonamides is 1. The van der Waals surface area contributed by atoms with Crippen molar-refractivity contribution in [2.45, 2.75) is 36.6 Å². The largest absolute Gasteiger partial charge is 0.325 e. The average Bonchev–Trinajstić information content (AvgIpc) is 2.89. The van der Waals surface area contributed by atoms with Crippen molar-refractivity contribution in [1.29, 1.82) is 0 Å². The molecule has 0 saturated carbocycles. The molecule has 0 radical (unpaired) electrons. The maximum atomic E-state index is 13.6. The van der Waals surface area contributed by atoms with Gasteiger partial charge >= 0.3 is 0 Å². The number of carbonyl (C=O) groups is 1. The summed E-state index contributed by atoms with van der Waals surface area (Å²) in [6.07, 6.45) is 0.810. The third kappa shape index (κ3) is 2.81. The summed E-state index contributed by atoms with van der Waals surface area (Å²) in [5.41, 5.74) is 2.39. The van der Waals surface area contributed by atoms with Crippen molar-refractivity contribution in [1.82, 2.24) is 4.90 Å². The van der Waals surface area contributed by atoms with E-state index < -0.39 is 15.4 Å². The van der Waals surface area contributed by atoms with Crippen LogP contribution in [-0.2, 0) is 26.7 Å². The Balaban J connectivity index is 1.81. The van der Waals surface area contributed by atoms with Gasteiger partial charge in [0.25, 0.3) is 10.0 Å². The van der Waals surface area contributed by atoms with Crippen LogP contribution < -0.4 is 9.62 Å². The Hall–Kier alpha value is -2.38. The third-order valence-corrected chi connectivity index (χ3v) is 7.67. The molecule has 148 valence electrons. The molecule has 0 saturated heterocycles. The van der Waals surface area contributed by atoms with Gasteiger partial charge in [-0.25, -0.2) is 8.42 Å². The zero-order valence-corrected chi connectivity index (χ0v) is 17.4. The molecule has 1 atom stereocenters. The minimum atomic E-state index is -3.76. The molecular weight excluding hydrogens is 374 g/mol. The van der Waals surface area contributed by atoms with Gasteiger partial charge < -0.3 is 10.2 Å². The first-order valence-electron chi connectivity index (χ1n) is 9.35. The molecule has 2 aliphatic heterocycles. The highest BCUT2D eigenvalue weighted by Gasteiger charge is 2.40. The standard InChI is InChI=1S/C21H25N3O3S/c1-21(2)17-12-16(9-10-18(17)22-20(21)25)28(26,27)24-13-15(23(3)4)11-14-7-5-6-8-19(14)24/h5-10,12,15H,11,13H2,1-4H3,(H,22,25). The van der Waals surface area contributed by atoms with Crippen molar-refractivity contribution in [3.63, 3.8) is 0 Å². The van der Waals surface area contributed by atoms with E-state index in [2.05, 4.69) is 10.2 Å². The smallest absolute Gasteiger partial charge is 0.264 e. The van der Waals surface area contributed by atoms with E-state index in [-0.39, 0.29) is 16.8 Å². The van der Waals surface area contributed by atoms with Gasteiger partial charge in [0.2, 0.25) is 5.91 Å². The van der Waals surface area contributed by atoms with Crippen molar-refractivity contribution >= 4 is 27.3 Å². The molecule has 0 aromatic heterocycles. The molecule has 0 fully saturated rings. The lowest BCUT2D eigenvalue weighted by molar-refractivity contribution is -0.119. The highest BCUT2D eigenvalue weighted by Crippen LogP contribution is 2.40. The lowest BCUT2D eigenvalue weighted by Crippen LogP contribution is -2.48. The molecule has 28 heavy (non-hydrogen) atoms. The molecule has 2 heterocycles. The first kappa shape index (κ1) is 19.0. The molecule has 7 heteroatoms. The summed E-state index contributed by atoms with van der Waals surface area (Å²) in [4.78, 5) is 14.5. The van der Waals surface area contributed by atoms with Crippen molar-refractivity contribution in [3.05, 3.63) is 53.6 Å². The Bertz CT molecular complexity index is 1060. The van der Waals surface area contributed by atoms with Gasteiger partial charge in [-0.15, -0.1) is 0 Å². The van der Waals surface area contributed by atoms with Gasteiger partial charge in [0.1, 0.15) is 0 Å². The number of nitrogens with one attached hydrogen (secondary N) is 1. The van der Waals surface area contributed by atoms with E-state index in [4.69, 9.17) is 0 Å². The lowest BCUT2D eigenvalue weighted by atomic mass is 9.86. The molecule has 0 spiro atoms. The fourth-order valence-corrected chi connectivity index (χ4v) is 5.51. The zero-order valence-electron chi connectivity index (χ0n) is 16.6. The van der Waals surface area contributed by atoms with Gasteiger partial charge in [0.15, 0.2) is 0 Å². The molecule has 0 bridgehead atoms. The molecule has 2 aromatic carbocycles. The third-order valence-electron chi connectivity index (χ3n) is 5.89. The van der Waals surface area contributed by atoms with Crippen LogP contribution in [0.15, 0.2) is 47.4 Å². The number of fused-ring (bicyclic) bond motifs is 2. The highest BCUT2D eigenvalue weighted by molar-refractivity contribution is 7.92. The molecule has 2 aromatic rings. The summed E-state index contributed by atoms with van der Waals surface area (Å²) in [5, 5.41) is 2.83. The molecule has 2 aliphatic rings. The normalized spacial score (nSPS) is 20.7. The summed E-state index contributed by atoms with van der Waals surface area (Å²) in [5.74, 6) is -0.118.